The van der Waals surface area contributed by atoms with Crippen molar-refractivity contribution in [2.75, 3.05) is 14.1 Å². The molecule has 128 valence electrons. The third kappa shape index (κ3) is 5.48. The quantitative estimate of drug-likeness (QED) is 0.776. The van der Waals surface area contributed by atoms with Crippen LogP contribution in [0.1, 0.15) is 36.8 Å². The van der Waals surface area contributed by atoms with Crippen molar-refractivity contribution in [2.24, 2.45) is 0 Å². The van der Waals surface area contributed by atoms with Crippen LogP contribution in [0.2, 0.25) is 0 Å². The van der Waals surface area contributed by atoms with E-state index in [-0.39, 0.29) is 24.4 Å². The van der Waals surface area contributed by atoms with Crippen LogP contribution >= 0.6 is 0 Å². The maximum Gasteiger partial charge on any atom is 0.315 e. The lowest BCUT2D eigenvalue weighted by Gasteiger charge is -2.28. The van der Waals surface area contributed by atoms with Gasteiger partial charge >= 0.3 is 6.03 Å². The fourth-order valence-electron chi connectivity index (χ4n) is 2.85. The maximum absolute atomic E-state index is 14.0. The maximum atomic E-state index is 14.0. The molecule has 1 aromatic rings. The fourth-order valence-corrected chi connectivity index (χ4v) is 2.85. The number of aliphatic hydroxyl groups excluding tert-OH is 1. The van der Waals surface area contributed by atoms with Gasteiger partial charge in [0.2, 0.25) is 0 Å². The molecule has 1 fully saturated rings. The monoisotopic (exact) mass is 323 g/mol. The Balaban J connectivity index is 1.83. The predicted molar refractivity (Wildman–Crippen MR) is 87.4 cm³/mol. The Kier molecular flexibility index (Phi) is 6.36. The lowest BCUT2D eigenvalue weighted by atomic mass is 9.93. The number of aliphatic hydroxyl groups is 1. The second-order valence-electron chi connectivity index (χ2n) is 6.45. The van der Waals surface area contributed by atoms with E-state index in [9.17, 15) is 14.3 Å². The smallest absolute Gasteiger partial charge is 0.315 e. The molecule has 5 nitrogen and oxygen atoms in total. The minimum absolute atomic E-state index is 0.192. The molecule has 23 heavy (non-hydrogen) atoms. The van der Waals surface area contributed by atoms with E-state index in [1.165, 1.54) is 6.07 Å². The number of carbonyl (C=O) groups excluding carboxylic acids is 1. The van der Waals surface area contributed by atoms with Crippen LogP contribution < -0.4 is 10.6 Å². The van der Waals surface area contributed by atoms with Crippen molar-refractivity contribution in [1.29, 1.82) is 0 Å². The molecule has 0 aromatic heterocycles. The summed E-state index contributed by atoms with van der Waals surface area (Å²) in [6, 6.07) is 4.50. The van der Waals surface area contributed by atoms with E-state index < -0.39 is 6.10 Å². The van der Waals surface area contributed by atoms with E-state index in [0.29, 0.717) is 17.7 Å². The van der Waals surface area contributed by atoms with Gasteiger partial charge in [-0.1, -0.05) is 25.0 Å². The zero-order valence-corrected chi connectivity index (χ0v) is 13.8. The third-order valence-corrected chi connectivity index (χ3v) is 4.10. The van der Waals surface area contributed by atoms with Crippen molar-refractivity contribution < 1.29 is 14.3 Å². The van der Waals surface area contributed by atoms with Crippen LogP contribution in [0.15, 0.2) is 18.2 Å². The van der Waals surface area contributed by atoms with Gasteiger partial charge in [0.15, 0.2) is 0 Å². The van der Waals surface area contributed by atoms with E-state index in [2.05, 4.69) is 10.6 Å². The molecule has 2 atom stereocenters. The SMILES string of the molecule is CN(C)Cc1ccc(CNC(=O)NC2CCCCC2O)cc1F. The summed E-state index contributed by atoms with van der Waals surface area (Å²) < 4.78 is 14.0. The number of amides is 2. The summed E-state index contributed by atoms with van der Waals surface area (Å²) in [4.78, 5) is 13.8. The molecular weight excluding hydrogens is 297 g/mol. The van der Waals surface area contributed by atoms with Gasteiger partial charge in [0.25, 0.3) is 0 Å². The van der Waals surface area contributed by atoms with Crippen molar-refractivity contribution in [1.82, 2.24) is 15.5 Å². The highest BCUT2D eigenvalue weighted by molar-refractivity contribution is 5.74. The Labute approximate surface area is 136 Å². The highest BCUT2D eigenvalue weighted by Crippen LogP contribution is 2.18. The summed E-state index contributed by atoms with van der Waals surface area (Å²) in [5.41, 5.74) is 1.35. The Morgan fingerprint density at radius 2 is 2.09 bits per heavy atom. The van der Waals surface area contributed by atoms with Crippen LogP contribution in [0.3, 0.4) is 0 Å². The molecule has 1 aliphatic carbocycles. The summed E-state index contributed by atoms with van der Waals surface area (Å²) in [6.07, 6.45) is 3.06. The molecule has 0 spiro atoms. The molecule has 2 amide bonds. The number of carbonyl (C=O) groups is 1. The van der Waals surface area contributed by atoms with Crippen LogP contribution in [-0.2, 0) is 13.1 Å². The first-order valence-corrected chi connectivity index (χ1v) is 8.10. The Bertz CT molecular complexity index is 537. The van der Waals surface area contributed by atoms with Gasteiger partial charge in [-0.2, -0.15) is 0 Å². The fraction of sp³-hybridized carbons (Fsp3) is 0.588. The Morgan fingerprint density at radius 1 is 1.35 bits per heavy atom. The molecule has 0 heterocycles. The van der Waals surface area contributed by atoms with Crippen molar-refractivity contribution in [3.05, 3.63) is 35.1 Å². The molecule has 6 heteroatoms. The van der Waals surface area contributed by atoms with Crippen LogP contribution in [0, 0.1) is 5.82 Å². The van der Waals surface area contributed by atoms with Crippen LogP contribution in [0.25, 0.3) is 0 Å². The first-order chi connectivity index (χ1) is 11.0. The van der Waals surface area contributed by atoms with Gasteiger partial charge in [-0.15, -0.1) is 0 Å². The number of nitrogens with one attached hydrogen (secondary N) is 2. The van der Waals surface area contributed by atoms with E-state index in [4.69, 9.17) is 0 Å². The Morgan fingerprint density at radius 3 is 2.74 bits per heavy atom. The molecule has 2 unspecified atom stereocenters. The number of hydrogen-bond acceptors (Lipinski definition) is 3. The number of nitrogens with zero attached hydrogens (tertiary/aromatic N) is 1. The molecule has 1 aliphatic rings. The van der Waals surface area contributed by atoms with Gasteiger partial charge in [-0.3, -0.25) is 0 Å². The van der Waals surface area contributed by atoms with Crippen LogP contribution in [-0.4, -0.2) is 42.3 Å². The molecule has 2 rings (SSSR count). The van der Waals surface area contributed by atoms with Crippen molar-refractivity contribution in [3.63, 3.8) is 0 Å². The molecule has 0 bridgehead atoms. The molecule has 0 aliphatic heterocycles. The second-order valence-corrected chi connectivity index (χ2v) is 6.45. The van der Waals surface area contributed by atoms with Crippen molar-refractivity contribution >= 4 is 6.03 Å². The minimum Gasteiger partial charge on any atom is -0.391 e. The molecule has 1 saturated carbocycles. The average Bonchev–Trinajstić information content (AvgIpc) is 2.49. The van der Waals surface area contributed by atoms with E-state index in [1.807, 2.05) is 25.1 Å². The van der Waals surface area contributed by atoms with E-state index in [0.717, 1.165) is 25.7 Å². The van der Waals surface area contributed by atoms with Gasteiger partial charge < -0.3 is 20.6 Å². The predicted octanol–water partition coefficient (Wildman–Crippen LogP) is 1.99. The highest BCUT2D eigenvalue weighted by atomic mass is 19.1. The van der Waals surface area contributed by atoms with Gasteiger partial charge in [-0.25, -0.2) is 9.18 Å². The first-order valence-electron chi connectivity index (χ1n) is 8.10. The summed E-state index contributed by atoms with van der Waals surface area (Å²) in [6.45, 7) is 0.799. The number of urea groups is 1. The van der Waals surface area contributed by atoms with Crippen molar-refractivity contribution in [2.45, 2.75) is 50.9 Å². The third-order valence-electron chi connectivity index (χ3n) is 4.10. The summed E-state index contributed by atoms with van der Waals surface area (Å²) in [7, 11) is 3.78. The average molecular weight is 323 g/mol. The number of hydrogen-bond donors (Lipinski definition) is 3. The summed E-state index contributed by atoms with van der Waals surface area (Å²) in [5, 5.41) is 15.4. The molecule has 3 N–H and O–H groups in total. The number of rotatable bonds is 5. The largest absolute Gasteiger partial charge is 0.391 e. The summed E-state index contributed by atoms with van der Waals surface area (Å²) >= 11 is 0. The number of halogens is 1. The standard InChI is InChI=1S/C17H26FN3O2/c1-21(2)11-13-8-7-12(9-14(13)18)10-19-17(23)20-15-5-3-4-6-16(15)22/h7-9,15-16,22H,3-6,10-11H2,1-2H3,(H2,19,20,23). The molecule has 0 radical (unpaired) electrons. The van der Waals surface area contributed by atoms with Crippen molar-refractivity contribution in [3.8, 4) is 0 Å². The number of benzene rings is 1. The van der Waals surface area contributed by atoms with Gasteiger partial charge in [0, 0.05) is 18.7 Å². The second kappa shape index (κ2) is 8.26. The molecule has 1 aromatic carbocycles. The van der Waals surface area contributed by atoms with Crippen LogP contribution in [0.4, 0.5) is 9.18 Å². The van der Waals surface area contributed by atoms with Gasteiger partial charge in [0.05, 0.1) is 12.1 Å². The first kappa shape index (κ1) is 17.7. The Hall–Kier alpha value is -1.66. The van der Waals surface area contributed by atoms with Gasteiger partial charge in [-0.05, 0) is 38.6 Å². The lowest BCUT2D eigenvalue weighted by molar-refractivity contribution is 0.0943. The zero-order valence-electron chi connectivity index (χ0n) is 13.8. The topological polar surface area (TPSA) is 64.6 Å². The lowest BCUT2D eigenvalue weighted by Crippen LogP contribution is -2.48. The van der Waals surface area contributed by atoms with E-state index in [1.54, 1.807) is 6.07 Å². The highest BCUT2D eigenvalue weighted by Gasteiger charge is 2.24. The summed E-state index contributed by atoms with van der Waals surface area (Å²) in [5.74, 6) is -0.263. The zero-order chi connectivity index (χ0) is 16.8. The molecular formula is C17H26FN3O2. The van der Waals surface area contributed by atoms with Gasteiger partial charge in [0.1, 0.15) is 5.82 Å². The van der Waals surface area contributed by atoms with Crippen LogP contribution in [0.5, 0.6) is 0 Å². The van der Waals surface area contributed by atoms with E-state index >= 15 is 0 Å². The normalized spacial score (nSPS) is 21.3. The minimum atomic E-state index is -0.475. The molecule has 0 saturated heterocycles.